The van der Waals surface area contributed by atoms with Crippen LogP contribution in [0.15, 0.2) is 18.2 Å². The molecule has 1 aliphatic rings. The van der Waals surface area contributed by atoms with E-state index >= 15 is 0 Å². The van der Waals surface area contributed by atoms with Crippen LogP contribution in [0.2, 0.25) is 0 Å². The largest absolute Gasteiger partial charge is 0.476 e. The van der Waals surface area contributed by atoms with Gasteiger partial charge in [0.2, 0.25) is 0 Å². The van der Waals surface area contributed by atoms with E-state index in [9.17, 15) is 14.7 Å². The average Bonchev–Trinajstić information content (AvgIpc) is 2.43. The van der Waals surface area contributed by atoms with Crippen molar-refractivity contribution >= 4 is 17.6 Å². The third kappa shape index (κ3) is 3.00. The van der Waals surface area contributed by atoms with Crippen molar-refractivity contribution in [3.05, 3.63) is 23.8 Å². The summed E-state index contributed by atoms with van der Waals surface area (Å²) in [5.41, 5.74) is 0.104. The van der Waals surface area contributed by atoms with Gasteiger partial charge in [0.05, 0.1) is 18.9 Å². The van der Waals surface area contributed by atoms with Crippen LogP contribution < -0.4 is 9.64 Å². The summed E-state index contributed by atoms with van der Waals surface area (Å²) in [6, 6.07) is 5.01. The van der Waals surface area contributed by atoms with Gasteiger partial charge in [-0.2, -0.15) is 0 Å². The second-order valence-electron chi connectivity index (χ2n) is 5.27. The monoisotopic (exact) mass is 293 g/mol. The molecule has 6 nitrogen and oxygen atoms in total. The first-order valence-corrected chi connectivity index (χ1v) is 6.79. The molecule has 0 bridgehead atoms. The quantitative estimate of drug-likeness (QED) is 0.845. The van der Waals surface area contributed by atoms with Gasteiger partial charge in [-0.3, -0.25) is 14.5 Å². The molecular weight excluding hydrogens is 274 g/mol. The fourth-order valence-corrected chi connectivity index (χ4v) is 2.21. The van der Waals surface area contributed by atoms with Gasteiger partial charge in [0.1, 0.15) is 12.3 Å². The highest BCUT2D eigenvalue weighted by molar-refractivity contribution is 6.05. The SMILES string of the molecule is CCOC(=O)CN1C(=O)C(C)(C)Oc2cc(CO)ccc21. The molecule has 1 aliphatic heterocycles. The molecule has 0 saturated carbocycles. The predicted octanol–water partition coefficient (Wildman–Crippen LogP) is 1.25. The number of hydrogen-bond donors (Lipinski definition) is 1. The molecule has 1 aromatic carbocycles. The van der Waals surface area contributed by atoms with E-state index in [0.717, 1.165) is 0 Å². The van der Waals surface area contributed by atoms with E-state index in [1.807, 2.05) is 0 Å². The van der Waals surface area contributed by atoms with Crippen LogP contribution >= 0.6 is 0 Å². The Morgan fingerprint density at radius 1 is 1.43 bits per heavy atom. The highest BCUT2D eigenvalue weighted by atomic mass is 16.5. The van der Waals surface area contributed by atoms with Crippen molar-refractivity contribution in [2.24, 2.45) is 0 Å². The zero-order valence-corrected chi connectivity index (χ0v) is 12.4. The Morgan fingerprint density at radius 3 is 2.76 bits per heavy atom. The number of aliphatic hydroxyl groups is 1. The molecule has 21 heavy (non-hydrogen) atoms. The minimum atomic E-state index is -1.08. The van der Waals surface area contributed by atoms with Gasteiger partial charge >= 0.3 is 5.97 Å². The van der Waals surface area contributed by atoms with E-state index in [0.29, 0.717) is 17.0 Å². The summed E-state index contributed by atoms with van der Waals surface area (Å²) in [5.74, 6) is -0.309. The van der Waals surface area contributed by atoms with Gasteiger partial charge in [-0.25, -0.2) is 0 Å². The number of fused-ring (bicyclic) bond motifs is 1. The number of ether oxygens (including phenoxy) is 2. The van der Waals surface area contributed by atoms with Crippen molar-refractivity contribution in [1.29, 1.82) is 0 Å². The third-order valence-corrected chi connectivity index (χ3v) is 3.22. The van der Waals surface area contributed by atoms with E-state index < -0.39 is 11.6 Å². The van der Waals surface area contributed by atoms with Crippen LogP contribution in [0, 0.1) is 0 Å². The standard InChI is InChI=1S/C15H19NO5/c1-4-20-13(18)8-16-11-6-5-10(9-17)7-12(11)21-15(2,3)14(16)19/h5-7,17H,4,8-9H2,1-3H3. The normalized spacial score (nSPS) is 16.2. The predicted molar refractivity (Wildman–Crippen MR) is 76.1 cm³/mol. The van der Waals surface area contributed by atoms with Crippen LogP contribution in [0.25, 0.3) is 0 Å². The molecule has 6 heteroatoms. The molecule has 0 fully saturated rings. The number of aliphatic hydroxyl groups excluding tert-OH is 1. The Labute approximate surface area is 123 Å². The Morgan fingerprint density at radius 2 is 2.14 bits per heavy atom. The first-order chi connectivity index (χ1) is 9.89. The lowest BCUT2D eigenvalue weighted by molar-refractivity contribution is -0.144. The van der Waals surface area contributed by atoms with Gasteiger partial charge in [0.25, 0.3) is 5.91 Å². The number of anilines is 1. The fraction of sp³-hybridized carbons (Fsp3) is 0.467. The smallest absolute Gasteiger partial charge is 0.326 e. The number of amides is 1. The van der Waals surface area contributed by atoms with Crippen molar-refractivity contribution in [2.45, 2.75) is 33.0 Å². The average molecular weight is 293 g/mol. The van der Waals surface area contributed by atoms with Gasteiger partial charge in [0, 0.05) is 0 Å². The highest BCUT2D eigenvalue weighted by Gasteiger charge is 2.41. The van der Waals surface area contributed by atoms with Crippen LogP contribution in [-0.4, -0.2) is 35.7 Å². The molecule has 1 aromatic rings. The van der Waals surface area contributed by atoms with E-state index in [1.54, 1.807) is 39.0 Å². The first kappa shape index (κ1) is 15.3. The molecule has 1 heterocycles. The maximum absolute atomic E-state index is 12.4. The minimum Gasteiger partial charge on any atom is -0.476 e. The van der Waals surface area contributed by atoms with Gasteiger partial charge in [0.15, 0.2) is 5.60 Å². The van der Waals surface area contributed by atoms with Crippen LogP contribution in [0.5, 0.6) is 5.75 Å². The molecule has 1 N–H and O–H groups in total. The molecule has 0 spiro atoms. The molecule has 2 rings (SSSR count). The number of carbonyl (C=O) groups excluding carboxylic acids is 2. The summed E-state index contributed by atoms with van der Waals surface area (Å²) >= 11 is 0. The molecule has 0 aliphatic carbocycles. The topological polar surface area (TPSA) is 76.1 Å². The zero-order chi connectivity index (χ0) is 15.6. The van der Waals surface area contributed by atoms with Crippen LogP contribution in [0.4, 0.5) is 5.69 Å². The lowest BCUT2D eigenvalue weighted by Crippen LogP contribution is -2.54. The van der Waals surface area contributed by atoms with Crippen LogP contribution in [-0.2, 0) is 20.9 Å². The van der Waals surface area contributed by atoms with Gasteiger partial charge in [-0.05, 0) is 38.5 Å². The highest BCUT2D eigenvalue weighted by Crippen LogP contribution is 2.38. The van der Waals surface area contributed by atoms with E-state index in [1.165, 1.54) is 4.90 Å². The van der Waals surface area contributed by atoms with Crippen molar-refractivity contribution in [1.82, 2.24) is 0 Å². The van der Waals surface area contributed by atoms with Gasteiger partial charge < -0.3 is 14.6 Å². The summed E-state index contributed by atoms with van der Waals surface area (Å²) in [4.78, 5) is 25.5. The van der Waals surface area contributed by atoms with Crippen molar-refractivity contribution in [3.8, 4) is 5.75 Å². The lowest BCUT2D eigenvalue weighted by Gasteiger charge is -2.38. The summed E-state index contributed by atoms with van der Waals surface area (Å²) in [6.45, 7) is 4.97. The van der Waals surface area contributed by atoms with Gasteiger partial charge in [-0.15, -0.1) is 0 Å². The van der Waals surface area contributed by atoms with Gasteiger partial charge in [-0.1, -0.05) is 6.07 Å². The second-order valence-corrected chi connectivity index (χ2v) is 5.27. The summed E-state index contributed by atoms with van der Waals surface area (Å²) < 4.78 is 10.6. The molecule has 114 valence electrons. The molecule has 0 radical (unpaired) electrons. The number of nitrogens with zero attached hydrogens (tertiary/aromatic N) is 1. The van der Waals surface area contributed by atoms with Crippen molar-refractivity contribution < 1.29 is 24.2 Å². The number of hydrogen-bond acceptors (Lipinski definition) is 5. The molecule has 1 amide bonds. The molecule has 0 saturated heterocycles. The third-order valence-electron chi connectivity index (χ3n) is 3.22. The maximum atomic E-state index is 12.4. The van der Waals surface area contributed by atoms with Crippen LogP contribution in [0.3, 0.4) is 0 Å². The van der Waals surface area contributed by atoms with E-state index in [4.69, 9.17) is 9.47 Å². The fourth-order valence-electron chi connectivity index (χ4n) is 2.21. The first-order valence-electron chi connectivity index (χ1n) is 6.79. The Balaban J connectivity index is 2.39. The van der Waals surface area contributed by atoms with E-state index in [-0.39, 0.29) is 25.7 Å². The molecule has 0 atom stereocenters. The Kier molecular flexibility index (Phi) is 4.18. The summed E-state index contributed by atoms with van der Waals surface area (Å²) in [5, 5.41) is 9.19. The Bertz CT molecular complexity index is 567. The Hall–Kier alpha value is -2.08. The maximum Gasteiger partial charge on any atom is 0.326 e. The number of benzene rings is 1. The minimum absolute atomic E-state index is 0.122. The zero-order valence-electron chi connectivity index (χ0n) is 12.4. The number of carbonyl (C=O) groups is 2. The second kappa shape index (κ2) is 5.73. The number of esters is 1. The molecule has 0 unspecified atom stereocenters. The van der Waals surface area contributed by atoms with E-state index in [2.05, 4.69) is 0 Å². The van der Waals surface area contributed by atoms with Crippen LogP contribution in [0.1, 0.15) is 26.3 Å². The van der Waals surface area contributed by atoms with Crippen molar-refractivity contribution in [3.63, 3.8) is 0 Å². The lowest BCUT2D eigenvalue weighted by atomic mass is 10.0. The summed E-state index contributed by atoms with van der Waals surface area (Å²) in [7, 11) is 0. The number of rotatable bonds is 4. The van der Waals surface area contributed by atoms with Crippen molar-refractivity contribution in [2.75, 3.05) is 18.1 Å². The summed E-state index contributed by atoms with van der Waals surface area (Å²) in [6.07, 6.45) is 0. The molecular formula is C15H19NO5. The molecule has 0 aromatic heterocycles.